The van der Waals surface area contributed by atoms with Crippen LogP contribution in [0.1, 0.15) is 22.9 Å². The van der Waals surface area contributed by atoms with E-state index in [9.17, 15) is 4.79 Å². The summed E-state index contributed by atoms with van der Waals surface area (Å²) in [6.45, 7) is 2.18. The SMILES string of the molecule is Cc1cc(NC(=O)CNC(c2ccccc2)c2ccccn2)ccc1Br. The molecule has 1 amide bonds. The van der Waals surface area contributed by atoms with Gasteiger partial charge in [-0.1, -0.05) is 52.3 Å². The molecule has 3 rings (SSSR count). The van der Waals surface area contributed by atoms with Gasteiger partial charge in [0.25, 0.3) is 0 Å². The zero-order valence-electron chi connectivity index (χ0n) is 14.4. The van der Waals surface area contributed by atoms with Gasteiger partial charge in [0.05, 0.1) is 18.3 Å². The molecule has 132 valence electrons. The Bertz CT molecular complexity index is 829. The molecule has 4 nitrogen and oxygen atoms in total. The minimum Gasteiger partial charge on any atom is -0.325 e. The molecule has 0 fully saturated rings. The molecule has 0 radical (unpaired) electrons. The van der Waals surface area contributed by atoms with Crippen LogP contribution < -0.4 is 10.6 Å². The number of pyridine rings is 1. The normalized spacial score (nSPS) is 11.8. The Morgan fingerprint density at radius 3 is 2.54 bits per heavy atom. The van der Waals surface area contributed by atoms with E-state index in [4.69, 9.17) is 0 Å². The second-order valence-corrected chi connectivity index (χ2v) is 6.85. The molecule has 3 aromatic rings. The lowest BCUT2D eigenvalue weighted by Gasteiger charge is -2.18. The molecule has 0 aliphatic heterocycles. The molecule has 1 unspecified atom stereocenters. The first kappa shape index (κ1) is 18.3. The Morgan fingerprint density at radius 1 is 1.08 bits per heavy atom. The van der Waals surface area contributed by atoms with E-state index in [0.29, 0.717) is 0 Å². The number of hydrogen-bond donors (Lipinski definition) is 2. The van der Waals surface area contributed by atoms with Crippen molar-refractivity contribution in [1.82, 2.24) is 10.3 Å². The number of rotatable bonds is 6. The Labute approximate surface area is 161 Å². The molecule has 5 heteroatoms. The van der Waals surface area contributed by atoms with E-state index in [1.807, 2.05) is 73.7 Å². The number of halogens is 1. The van der Waals surface area contributed by atoms with Crippen LogP contribution in [-0.2, 0) is 4.79 Å². The number of anilines is 1. The fraction of sp³-hybridized carbons (Fsp3) is 0.143. The van der Waals surface area contributed by atoms with Gasteiger partial charge in [0.1, 0.15) is 0 Å². The first-order valence-corrected chi connectivity index (χ1v) is 9.18. The maximum Gasteiger partial charge on any atom is 0.238 e. The van der Waals surface area contributed by atoms with E-state index in [0.717, 1.165) is 27.0 Å². The Balaban J connectivity index is 1.69. The number of amides is 1. The first-order chi connectivity index (χ1) is 12.6. The summed E-state index contributed by atoms with van der Waals surface area (Å²) in [5.41, 5.74) is 3.81. The molecular formula is C21H20BrN3O. The van der Waals surface area contributed by atoms with Crippen LogP contribution in [0.25, 0.3) is 0 Å². The van der Waals surface area contributed by atoms with E-state index in [2.05, 4.69) is 31.5 Å². The molecule has 0 spiro atoms. The van der Waals surface area contributed by atoms with Gasteiger partial charge in [-0.05, 0) is 48.4 Å². The Hall–Kier alpha value is -2.50. The fourth-order valence-electron chi connectivity index (χ4n) is 2.71. The minimum atomic E-state index is -0.144. The summed E-state index contributed by atoms with van der Waals surface area (Å²) in [5.74, 6) is -0.0939. The lowest BCUT2D eigenvalue weighted by Crippen LogP contribution is -2.32. The smallest absolute Gasteiger partial charge is 0.238 e. The predicted molar refractivity (Wildman–Crippen MR) is 108 cm³/mol. The average molecular weight is 410 g/mol. The van der Waals surface area contributed by atoms with Crippen molar-refractivity contribution in [2.75, 3.05) is 11.9 Å². The van der Waals surface area contributed by atoms with Gasteiger partial charge < -0.3 is 5.32 Å². The van der Waals surface area contributed by atoms with Crippen molar-refractivity contribution >= 4 is 27.5 Å². The van der Waals surface area contributed by atoms with Gasteiger partial charge in [-0.3, -0.25) is 15.1 Å². The van der Waals surface area contributed by atoms with Gasteiger partial charge in [-0.25, -0.2) is 0 Å². The van der Waals surface area contributed by atoms with Crippen LogP contribution in [0.3, 0.4) is 0 Å². The molecule has 1 atom stereocenters. The van der Waals surface area contributed by atoms with E-state index in [1.165, 1.54) is 0 Å². The zero-order chi connectivity index (χ0) is 18.4. The number of nitrogens with one attached hydrogen (secondary N) is 2. The standard InChI is InChI=1S/C21H20BrN3O/c1-15-13-17(10-11-18(15)22)25-20(26)14-24-21(16-7-3-2-4-8-16)19-9-5-6-12-23-19/h2-13,21,24H,14H2,1H3,(H,25,26). The summed E-state index contributed by atoms with van der Waals surface area (Å²) < 4.78 is 1.02. The minimum absolute atomic E-state index is 0.0939. The third-order valence-corrected chi connectivity index (χ3v) is 4.91. The molecule has 0 saturated carbocycles. The third-order valence-electron chi connectivity index (χ3n) is 4.02. The number of nitrogens with zero attached hydrogens (tertiary/aromatic N) is 1. The Morgan fingerprint density at radius 2 is 1.85 bits per heavy atom. The molecule has 0 bridgehead atoms. The zero-order valence-corrected chi connectivity index (χ0v) is 16.0. The topological polar surface area (TPSA) is 54.0 Å². The lowest BCUT2D eigenvalue weighted by molar-refractivity contribution is -0.115. The molecule has 0 aliphatic carbocycles. The van der Waals surface area contributed by atoms with Crippen molar-refractivity contribution in [2.24, 2.45) is 0 Å². The number of carbonyl (C=O) groups is 1. The van der Waals surface area contributed by atoms with Gasteiger partial charge in [0, 0.05) is 16.4 Å². The van der Waals surface area contributed by atoms with Gasteiger partial charge >= 0.3 is 0 Å². The summed E-state index contributed by atoms with van der Waals surface area (Å²) in [6.07, 6.45) is 1.76. The molecule has 1 aromatic heterocycles. The molecular weight excluding hydrogens is 390 g/mol. The van der Waals surface area contributed by atoms with Crippen LogP contribution in [0.15, 0.2) is 77.4 Å². The van der Waals surface area contributed by atoms with Crippen molar-refractivity contribution < 1.29 is 4.79 Å². The lowest BCUT2D eigenvalue weighted by atomic mass is 10.0. The quantitative estimate of drug-likeness (QED) is 0.631. The summed E-state index contributed by atoms with van der Waals surface area (Å²) in [5, 5.41) is 6.24. The highest BCUT2D eigenvalue weighted by Crippen LogP contribution is 2.21. The van der Waals surface area contributed by atoms with Gasteiger partial charge in [-0.15, -0.1) is 0 Å². The molecule has 2 N–H and O–H groups in total. The van der Waals surface area contributed by atoms with Crippen LogP contribution in [0.4, 0.5) is 5.69 Å². The van der Waals surface area contributed by atoms with Crippen molar-refractivity contribution in [3.63, 3.8) is 0 Å². The van der Waals surface area contributed by atoms with Crippen molar-refractivity contribution in [3.05, 3.63) is 94.2 Å². The highest BCUT2D eigenvalue weighted by Gasteiger charge is 2.16. The van der Waals surface area contributed by atoms with Crippen LogP contribution in [0.5, 0.6) is 0 Å². The summed E-state index contributed by atoms with van der Waals surface area (Å²) in [4.78, 5) is 16.8. The highest BCUT2D eigenvalue weighted by atomic mass is 79.9. The second-order valence-electron chi connectivity index (χ2n) is 5.99. The number of aromatic nitrogens is 1. The van der Waals surface area contributed by atoms with E-state index >= 15 is 0 Å². The van der Waals surface area contributed by atoms with Gasteiger partial charge in [-0.2, -0.15) is 0 Å². The number of aryl methyl sites for hydroxylation is 1. The van der Waals surface area contributed by atoms with E-state index in [1.54, 1.807) is 6.20 Å². The summed E-state index contributed by atoms with van der Waals surface area (Å²) in [7, 11) is 0. The van der Waals surface area contributed by atoms with Crippen LogP contribution >= 0.6 is 15.9 Å². The van der Waals surface area contributed by atoms with Crippen molar-refractivity contribution in [2.45, 2.75) is 13.0 Å². The Kier molecular flexibility index (Phi) is 6.15. The largest absolute Gasteiger partial charge is 0.325 e. The highest BCUT2D eigenvalue weighted by molar-refractivity contribution is 9.10. The number of benzene rings is 2. The van der Waals surface area contributed by atoms with E-state index < -0.39 is 0 Å². The predicted octanol–water partition coefficient (Wildman–Crippen LogP) is 4.47. The van der Waals surface area contributed by atoms with E-state index in [-0.39, 0.29) is 18.5 Å². The molecule has 0 saturated heterocycles. The van der Waals surface area contributed by atoms with Crippen molar-refractivity contribution in [1.29, 1.82) is 0 Å². The van der Waals surface area contributed by atoms with Gasteiger partial charge in [0.15, 0.2) is 0 Å². The molecule has 26 heavy (non-hydrogen) atoms. The molecule has 1 heterocycles. The number of hydrogen-bond acceptors (Lipinski definition) is 3. The maximum atomic E-state index is 12.4. The molecule has 2 aromatic carbocycles. The van der Waals surface area contributed by atoms with Gasteiger partial charge in [0.2, 0.25) is 5.91 Å². The van der Waals surface area contributed by atoms with Crippen LogP contribution in [-0.4, -0.2) is 17.4 Å². The summed E-state index contributed by atoms with van der Waals surface area (Å²) >= 11 is 3.47. The second kappa shape index (κ2) is 8.74. The first-order valence-electron chi connectivity index (χ1n) is 8.39. The fourth-order valence-corrected chi connectivity index (χ4v) is 2.95. The number of carbonyl (C=O) groups excluding carboxylic acids is 1. The van der Waals surface area contributed by atoms with Crippen LogP contribution in [0, 0.1) is 6.92 Å². The van der Waals surface area contributed by atoms with Crippen molar-refractivity contribution in [3.8, 4) is 0 Å². The monoisotopic (exact) mass is 409 g/mol. The third kappa shape index (κ3) is 4.77. The van der Waals surface area contributed by atoms with Crippen LogP contribution in [0.2, 0.25) is 0 Å². The maximum absolute atomic E-state index is 12.4. The average Bonchev–Trinajstić information content (AvgIpc) is 2.67. The summed E-state index contributed by atoms with van der Waals surface area (Å²) in [6, 6.07) is 21.4. The molecule has 0 aliphatic rings.